The molecule has 3 rings (SSSR count). The van der Waals surface area contributed by atoms with Crippen LogP contribution in [0.15, 0.2) is 42.5 Å². The summed E-state index contributed by atoms with van der Waals surface area (Å²) in [5.41, 5.74) is 8.89. The number of carbonyl (C=O) groups excluding carboxylic acids is 2. The maximum atomic E-state index is 12.6. The number of hydrogen-bond acceptors (Lipinski definition) is 4. The predicted molar refractivity (Wildman–Crippen MR) is 103 cm³/mol. The zero-order valence-corrected chi connectivity index (χ0v) is 14.9. The van der Waals surface area contributed by atoms with Gasteiger partial charge in [-0.15, -0.1) is 0 Å². The number of carbonyl (C=O) groups is 2. The number of nitrogens with two attached hydrogens (primary N) is 1. The van der Waals surface area contributed by atoms with E-state index < -0.39 is 0 Å². The lowest BCUT2D eigenvalue weighted by Gasteiger charge is -2.26. The number of aryl methyl sites for hydroxylation is 1. The minimum Gasteiger partial charge on any atom is -0.399 e. The molecule has 0 radical (unpaired) electrons. The summed E-state index contributed by atoms with van der Waals surface area (Å²) < 4.78 is 0. The highest BCUT2D eigenvalue weighted by Gasteiger charge is 2.19. The fraction of sp³-hybridized carbons (Fsp3) is 0.263. The molecule has 1 saturated heterocycles. The normalized spacial score (nSPS) is 14.2. The van der Waals surface area contributed by atoms with E-state index in [0.717, 1.165) is 30.2 Å². The third-order valence-corrected chi connectivity index (χ3v) is 5.11. The molecule has 0 saturated carbocycles. The SMILES string of the molecule is Cc1ccc(N)cc1C(=O)Nc1cccc(C(=O)N2CCSCC2)c1. The Morgan fingerprint density at radius 1 is 1.12 bits per heavy atom. The molecule has 1 heterocycles. The van der Waals surface area contributed by atoms with E-state index in [1.54, 1.807) is 36.4 Å². The molecule has 0 spiro atoms. The second-order valence-electron chi connectivity index (χ2n) is 6.01. The Balaban J connectivity index is 1.76. The number of rotatable bonds is 3. The maximum Gasteiger partial charge on any atom is 0.256 e. The molecule has 1 fully saturated rings. The average molecular weight is 355 g/mol. The van der Waals surface area contributed by atoms with Crippen LogP contribution in [0, 0.1) is 6.92 Å². The van der Waals surface area contributed by atoms with E-state index in [1.165, 1.54) is 0 Å². The third kappa shape index (κ3) is 4.14. The highest BCUT2D eigenvalue weighted by molar-refractivity contribution is 7.99. The fourth-order valence-corrected chi connectivity index (χ4v) is 3.66. The summed E-state index contributed by atoms with van der Waals surface area (Å²) in [5.74, 6) is 1.72. The van der Waals surface area contributed by atoms with Crippen LogP contribution in [-0.2, 0) is 0 Å². The van der Waals surface area contributed by atoms with Crippen LogP contribution in [0.5, 0.6) is 0 Å². The third-order valence-electron chi connectivity index (χ3n) is 4.17. The smallest absolute Gasteiger partial charge is 0.256 e. The highest BCUT2D eigenvalue weighted by atomic mass is 32.2. The Morgan fingerprint density at radius 3 is 2.64 bits per heavy atom. The van der Waals surface area contributed by atoms with Crippen molar-refractivity contribution in [3.8, 4) is 0 Å². The Bertz CT molecular complexity index is 801. The van der Waals surface area contributed by atoms with Crippen LogP contribution < -0.4 is 11.1 Å². The van der Waals surface area contributed by atoms with Crippen molar-refractivity contribution in [3.05, 3.63) is 59.2 Å². The van der Waals surface area contributed by atoms with Gasteiger partial charge in [-0.25, -0.2) is 0 Å². The largest absolute Gasteiger partial charge is 0.399 e. The number of anilines is 2. The molecule has 1 aliphatic rings. The van der Waals surface area contributed by atoms with Crippen LogP contribution in [0.3, 0.4) is 0 Å². The van der Waals surface area contributed by atoms with Crippen molar-refractivity contribution in [2.75, 3.05) is 35.6 Å². The minimum atomic E-state index is -0.233. The van der Waals surface area contributed by atoms with Crippen molar-refractivity contribution < 1.29 is 9.59 Å². The molecular formula is C19H21N3O2S. The number of thioether (sulfide) groups is 1. The molecule has 0 bridgehead atoms. The highest BCUT2D eigenvalue weighted by Crippen LogP contribution is 2.18. The fourth-order valence-electron chi connectivity index (χ4n) is 2.76. The molecular weight excluding hydrogens is 334 g/mol. The lowest BCUT2D eigenvalue weighted by atomic mass is 10.1. The van der Waals surface area contributed by atoms with E-state index in [2.05, 4.69) is 5.32 Å². The van der Waals surface area contributed by atoms with Crippen LogP contribution in [-0.4, -0.2) is 41.3 Å². The number of hydrogen-bond donors (Lipinski definition) is 2. The number of benzene rings is 2. The van der Waals surface area contributed by atoms with Gasteiger partial charge in [-0.05, 0) is 42.8 Å². The lowest BCUT2D eigenvalue weighted by Crippen LogP contribution is -2.37. The van der Waals surface area contributed by atoms with E-state index >= 15 is 0 Å². The van der Waals surface area contributed by atoms with Crippen molar-refractivity contribution in [1.82, 2.24) is 4.90 Å². The van der Waals surface area contributed by atoms with Crippen LogP contribution >= 0.6 is 11.8 Å². The number of amides is 2. The lowest BCUT2D eigenvalue weighted by molar-refractivity contribution is 0.0772. The van der Waals surface area contributed by atoms with E-state index in [0.29, 0.717) is 22.5 Å². The molecule has 2 aromatic rings. The minimum absolute atomic E-state index is 0.0107. The van der Waals surface area contributed by atoms with Gasteiger partial charge in [-0.2, -0.15) is 11.8 Å². The Hall–Kier alpha value is -2.47. The van der Waals surface area contributed by atoms with Gasteiger partial charge >= 0.3 is 0 Å². The first-order valence-corrected chi connectivity index (χ1v) is 9.34. The summed E-state index contributed by atoms with van der Waals surface area (Å²) >= 11 is 1.86. The molecule has 0 aliphatic carbocycles. The van der Waals surface area contributed by atoms with E-state index in [4.69, 9.17) is 5.73 Å². The van der Waals surface area contributed by atoms with Gasteiger partial charge in [0.05, 0.1) is 0 Å². The number of nitrogen functional groups attached to an aromatic ring is 1. The Kier molecular flexibility index (Phi) is 5.28. The van der Waals surface area contributed by atoms with Gasteiger partial charge in [0.25, 0.3) is 11.8 Å². The van der Waals surface area contributed by atoms with Crippen LogP contribution in [0.1, 0.15) is 26.3 Å². The Labute approximate surface area is 151 Å². The van der Waals surface area contributed by atoms with Gasteiger partial charge in [-0.3, -0.25) is 9.59 Å². The van der Waals surface area contributed by atoms with E-state index in [1.807, 2.05) is 29.7 Å². The summed E-state index contributed by atoms with van der Waals surface area (Å²) in [4.78, 5) is 27.0. The van der Waals surface area contributed by atoms with Crippen molar-refractivity contribution in [1.29, 1.82) is 0 Å². The van der Waals surface area contributed by atoms with Crippen LogP contribution in [0.2, 0.25) is 0 Å². The number of nitrogens with zero attached hydrogens (tertiary/aromatic N) is 1. The zero-order valence-electron chi connectivity index (χ0n) is 14.1. The molecule has 3 N–H and O–H groups in total. The van der Waals surface area contributed by atoms with E-state index in [-0.39, 0.29) is 11.8 Å². The van der Waals surface area contributed by atoms with Gasteiger partial charge in [0.2, 0.25) is 0 Å². The summed E-state index contributed by atoms with van der Waals surface area (Å²) in [6.45, 7) is 3.40. The summed E-state index contributed by atoms with van der Waals surface area (Å²) in [6, 6.07) is 12.3. The standard InChI is InChI=1S/C19H21N3O2S/c1-13-5-6-15(20)12-17(13)18(23)21-16-4-2-3-14(11-16)19(24)22-7-9-25-10-8-22/h2-6,11-12H,7-10,20H2,1H3,(H,21,23). The van der Waals surface area contributed by atoms with Gasteiger partial charge < -0.3 is 16.0 Å². The molecule has 25 heavy (non-hydrogen) atoms. The van der Waals surface area contributed by atoms with Gasteiger partial charge in [-0.1, -0.05) is 12.1 Å². The maximum absolute atomic E-state index is 12.6. The molecule has 0 unspecified atom stereocenters. The summed E-state index contributed by atoms with van der Waals surface area (Å²) in [7, 11) is 0. The molecule has 2 amide bonds. The van der Waals surface area contributed by atoms with Gasteiger partial charge in [0.1, 0.15) is 0 Å². The van der Waals surface area contributed by atoms with E-state index in [9.17, 15) is 9.59 Å². The van der Waals surface area contributed by atoms with Gasteiger partial charge in [0.15, 0.2) is 0 Å². The van der Waals surface area contributed by atoms with Crippen molar-refractivity contribution in [2.24, 2.45) is 0 Å². The predicted octanol–water partition coefficient (Wildman–Crippen LogP) is 3.02. The molecule has 130 valence electrons. The van der Waals surface area contributed by atoms with Crippen molar-refractivity contribution in [3.63, 3.8) is 0 Å². The second-order valence-corrected chi connectivity index (χ2v) is 7.24. The zero-order chi connectivity index (χ0) is 17.8. The summed E-state index contributed by atoms with van der Waals surface area (Å²) in [6.07, 6.45) is 0. The number of nitrogens with one attached hydrogen (secondary N) is 1. The first-order valence-electron chi connectivity index (χ1n) is 8.19. The average Bonchev–Trinajstić information content (AvgIpc) is 2.64. The molecule has 1 aliphatic heterocycles. The quantitative estimate of drug-likeness (QED) is 0.830. The molecule has 0 atom stereocenters. The first-order chi connectivity index (χ1) is 12.0. The Morgan fingerprint density at radius 2 is 1.88 bits per heavy atom. The van der Waals surface area contributed by atoms with Gasteiger partial charge in [0, 0.05) is 47.1 Å². The van der Waals surface area contributed by atoms with Crippen LogP contribution in [0.4, 0.5) is 11.4 Å². The molecule has 0 aromatic heterocycles. The van der Waals surface area contributed by atoms with Crippen molar-refractivity contribution in [2.45, 2.75) is 6.92 Å². The van der Waals surface area contributed by atoms with Crippen LogP contribution in [0.25, 0.3) is 0 Å². The summed E-state index contributed by atoms with van der Waals surface area (Å²) in [5, 5.41) is 2.86. The molecule has 6 heteroatoms. The first kappa shape index (κ1) is 17.4. The molecule has 5 nitrogen and oxygen atoms in total. The molecule has 2 aromatic carbocycles. The second kappa shape index (κ2) is 7.61. The van der Waals surface area contributed by atoms with Crippen molar-refractivity contribution >= 4 is 35.0 Å². The monoisotopic (exact) mass is 355 g/mol. The topological polar surface area (TPSA) is 75.4 Å².